The number of halogens is 2. The highest BCUT2D eigenvalue weighted by Crippen LogP contribution is 2.23. The van der Waals surface area contributed by atoms with Gasteiger partial charge in [0.1, 0.15) is 6.07 Å². The summed E-state index contributed by atoms with van der Waals surface area (Å²) in [5.74, 6) is 0. The van der Waals surface area contributed by atoms with Gasteiger partial charge in [-0.05, 0) is 15.9 Å². The van der Waals surface area contributed by atoms with E-state index in [9.17, 15) is 0 Å². The Morgan fingerprint density at radius 1 is 1.60 bits per heavy atom. The van der Waals surface area contributed by atoms with Crippen LogP contribution in [0.3, 0.4) is 0 Å². The van der Waals surface area contributed by atoms with Gasteiger partial charge in [0.25, 0.3) is 0 Å². The number of nitriles is 1. The van der Waals surface area contributed by atoms with E-state index < -0.39 is 0 Å². The second kappa shape index (κ2) is 3.00. The third-order valence-electron chi connectivity index (χ3n) is 0.958. The fourth-order valence-corrected chi connectivity index (χ4v) is 0.969. The number of hydrogen-bond acceptors (Lipinski definition) is 2. The molecule has 0 aliphatic carbocycles. The van der Waals surface area contributed by atoms with Gasteiger partial charge >= 0.3 is 0 Å². The maximum Gasteiger partial charge on any atom is 0.102 e. The first-order valence-electron chi connectivity index (χ1n) is 2.45. The van der Waals surface area contributed by atoms with Crippen molar-refractivity contribution < 1.29 is 0 Å². The molecule has 50 valence electrons. The third kappa shape index (κ3) is 1.28. The van der Waals surface area contributed by atoms with E-state index in [1.807, 2.05) is 6.07 Å². The molecule has 0 spiro atoms. The van der Waals surface area contributed by atoms with Crippen molar-refractivity contribution in [3.63, 3.8) is 0 Å². The molecule has 4 heteroatoms. The number of rotatable bonds is 0. The Kier molecular flexibility index (Phi) is 2.25. The van der Waals surface area contributed by atoms with Gasteiger partial charge in [0, 0.05) is 12.4 Å². The second-order valence-corrected chi connectivity index (χ2v) is 2.83. The van der Waals surface area contributed by atoms with Crippen molar-refractivity contribution in [2.24, 2.45) is 0 Å². The van der Waals surface area contributed by atoms with Crippen LogP contribution in [0.5, 0.6) is 0 Å². The fraction of sp³-hybridized carbons (Fsp3) is 0. The lowest BCUT2D eigenvalue weighted by Gasteiger charge is -1.93. The molecule has 0 atom stereocenters. The summed E-state index contributed by atoms with van der Waals surface area (Å²) >= 11 is 8.83. The van der Waals surface area contributed by atoms with Gasteiger partial charge in [-0.15, -0.1) is 0 Å². The lowest BCUT2D eigenvalue weighted by molar-refractivity contribution is 1.28. The quantitative estimate of drug-likeness (QED) is 0.669. The topological polar surface area (TPSA) is 36.7 Å². The monoisotopic (exact) mass is 216 g/mol. The van der Waals surface area contributed by atoms with E-state index in [0.717, 1.165) is 0 Å². The van der Waals surface area contributed by atoms with E-state index in [1.54, 1.807) is 6.20 Å². The highest BCUT2D eigenvalue weighted by Gasteiger charge is 2.01. The van der Waals surface area contributed by atoms with Gasteiger partial charge in [-0.1, -0.05) is 11.6 Å². The minimum Gasteiger partial charge on any atom is -0.262 e. The van der Waals surface area contributed by atoms with Gasteiger partial charge in [0.05, 0.1) is 15.1 Å². The van der Waals surface area contributed by atoms with E-state index in [1.165, 1.54) is 6.20 Å². The average molecular weight is 217 g/mol. The largest absolute Gasteiger partial charge is 0.262 e. The van der Waals surface area contributed by atoms with Crippen LogP contribution in [0.25, 0.3) is 0 Å². The lowest BCUT2D eigenvalue weighted by atomic mass is 10.3. The van der Waals surface area contributed by atoms with Crippen LogP contribution in [0.15, 0.2) is 16.9 Å². The standard InChI is InChI=1S/C6H2BrClN2/c7-5-3-10-2-4(1-9)6(5)8/h2-3H. The van der Waals surface area contributed by atoms with Gasteiger partial charge in [-0.3, -0.25) is 4.98 Å². The van der Waals surface area contributed by atoms with Crippen molar-refractivity contribution in [3.05, 3.63) is 27.5 Å². The molecule has 0 saturated heterocycles. The molecule has 0 aromatic carbocycles. The number of aromatic nitrogens is 1. The highest BCUT2D eigenvalue weighted by molar-refractivity contribution is 9.10. The Morgan fingerprint density at radius 2 is 2.30 bits per heavy atom. The molecular weight excluding hydrogens is 215 g/mol. The zero-order valence-electron chi connectivity index (χ0n) is 4.81. The molecule has 1 aromatic heterocycles. The predicted molar refractivity (Wildman–Crippen MR) is 41.7 cm³/mol. The van der Waals surface area contributed by atoms with Crippen LogP contribution in [-0.4, -0.2) is 4.98 Å². The molecule has 0 radical (unpaired) electrons. The zero-order valence-corrected chi connectivity index (χ0v) is 7.15. The van der Waals surface area contributed by atoms with Crippen LogP contribution in [0.2, 0.25) is 5.02 Å². The molecule has 0 aliphatic heterocycles. The third-order valence-corrected chi connectivity index (χ3v) is 2.19. The van der Waals surface area contributed by atoms with Crippen LogP contribution < -0.4 is 0 Å². The SMILES string of the molecule is N#Cc1cncc(Br)c1Cl. The average Bonchev–Trinajstić information content (AvgIpc) is 1.95. The molecule has 0 amide bonds. The minimum atomic E-state index is 0.385. The van der Waals surface area contributed by atoms with Gasteiger partial charge in [0.15, 0.2) is 0 Å². The Morgan fingerprint density at radius 3 is 2.80 bits per heavy atom. The normalized spacial score (nSPS) is 8.90. The van der Waals surface area contributed by atoms with Crippen LogP contribution in [0.1, 0.15) is 5.56 Å². The molecule has 0 aliphatic rings. The summed E-state index contributed by atoms with van der Waals surface area (Å²) in [5, 5.41) is 8.86. The smallest absolute Gasteiger partial charge is 0.102 e. The highest BCUT2D eigenvalue weighted by atomic mass is 79.9. The zero-order chi connectivity index (χ0) is 7.56. The van der Waals surface area contributed by atoms with Crippen molar-refractivity contribution >= 4 is 27.5 Å². The minimum absolute atomic E-state index is 0.385. The molecule has 0 fully saturated rings. The molecule has 10 heavy (non-hydrogen) atoms. The second-order valence-electron chi connectivity index (χ2n) is 1.59. The van der Waals surface area contributed by atoms with Crippen molar-refractivity contribution in [2.75, 3.05) is 0 Å². The van der Waals surface area contributed by atoms with E-state index >= 15 is 0 Å². The summed E-state index contributed by atoms with van der Waals surface area (Å²) in [6.45, 7) is 0. The van der Waals surface area contributed by atoms with E-state index in [4.69, 9.17) is 16.9 Å². The predicted octanol–water partition coefficient (Wildman–Crippen LogP) is 2.37. The summed E-state index contributed by atoms with van der Waals surface area (Å²) in [5.41, 5.74) is 0.385. The maximum absolute atomic E-state index is 8.45. The first kappa shape index (κ1) is 7.52. The van der Waals surface area contributed by atoms with Crippen LogP contribution >= 0.6 is 27.5 Å². The van der Waals surface area contributed by atoms with E-state index in [0.29, 0.717) is 15.1 Å². The summed E-state index contributed by atoms with van der Waals surface area (Å²) in [7, 11) is 0. The number of pyridine rings is 1. The summed E-state index contributed by atoms with van der Waals surface area (Å²) < 4.78 is 0.646. The van der Waals surface area contributed by atoms with Crippen molar-refractivity contribution in [1.29, 1.82) is 5.26 Å². The molecular formula is C6H2BrClN2. The lowest BCUT2D eigenvalue weighted by Crippen LogP contribution is -1.80. The number of nitrogens with zero attached hydrogens (tertiary/aromatic N) is 2. The van der Waals surface area contributed by atoms with Gasteiger partial charge < -0.3 is 0 Å². The first-order valence-corrected chi connectivity index (χ1v) is 3.62. The summed E-state index contributed by atoms with van der Waals surface area (Å²) in [4.78, 5) is 3.76. The molecule has 1 aromatic rings. The molecule has 0 bridgehead atoms. The maximum atomic E-state index is 8.45. The van der Waals surface area contributed by atoms with Gasteiger partial charge in [0.2, 0.25) is 0 Å². The molecule has 0 N–H and O–H groups in total. The van der Waals surface area contributed by atoms with Crippen molar-refractivity contribution in [1.82, 2.24) is 4.98 Å². The van der Waals surface area contributed by atoms with Gasteiger partial charge in [-0.2, -0.15) is 5.26 Å². The molecule has 1 rings (SSSR count). The summed E-state index contributed by atoms with van der Waals surface area (Å²) in [6.07, 6.45) is 2.97. The number of hydrogen-bond donors (Lipinski definition) is 0. The van der Waals surface area contributed by atoms with Crippen molar-refractivity contribution in [3.8, 4) is 6.07 Å². The van der Waals surface area contributed by atoms with Crippen LogP contribution in [-0.2, 0) is 0 Å². The molecule has 1 heterocycles. The Hall–Kier alpha value is -0.590. The van der Waals surface area contributed by atoms with Crippen LogP contribution in [0.4, 0.5) is 0 Å². The Balaban J connectivity index is 3.31. The van der Waals surface area contributed by atoms with Gasteiger partial charge in [-0.25, -0.2) is 0 Å². The molecule has 0 unspecified atom stereocenters. The summed E-state index contributed by atoms with van der Waals surface area (Å²) in [6, 6.07) is 1.91. The van der Waals surface area contributed by atoms with Crippen molar-refractivity contribution in [2.45, 2.75) is 0 Å². The Labute approximate surface area is 71.6 Å². The fourth-order valence-electron chi connectivity index (χ4n) is 0.497. The molecule has 0 saturated carbocycles. The first-order chi connectivity index (χ1) is 4.75. The van der Waals surface area contributed by atoms with E-state index in [-0.39, 0.29) is 0 Å². The molecule has 2 nitrogen and oxygen atoms in total. The van der Waals surface area contributed by atoms with E-state index in [2.05, 4.69) is 20.9 Å². The van der Waals surface area contributed by atoms with Crippen LogP contribution in [0, 0.1) is 11.3 Å². The Bertz CT molecular complexity index is 292.